The Morgan fingerprint density at radius 2 is 2.00 bits per heavy atom. The summed E-state index contributed by atoms with van der Waals surface area (Å²) >= 11 is 0. The Morgan fingerprint density at radius 1 is 1.20 bits per heavy atom. The van der Waals surface area contributed by atoms with Gasteiger partial charge in [-0.15, -0.1) is 0 Å². The zero-order valence-electron chi connectivity index (χ0n) is 8.91. The van der Waals surface area contributed by atoms with Crippen molar-refractivity contribution in [3.63, 3.8) is 0 Å². The summed E-state index contributed by atoms with van der Waals surface area (Å²) < 4.78 is 5.90. The fourth-order valence-corrected chi connectivity index (χ4v) is 2.62. The van der Waals surface area contributed by atoms with Crippen LogP contribution in [0.3, 0.4) is 0 Å². The molecule has 1 saturated heterocycles. The van der Waals surface area contributed by atoms with Gasteiger partial charge in [-0.3, -0.25) is 0 Å². The molecule has 1 aliphatic carbocycles. The molecule has 0 aromatic heterocycles. The third-order valence-electron chi connectivity index (χ3n) is 3.68. The first-order valence-electron chi connectivity index (χ1n) is 5.80. The molecule has 1 aromatic carbocycles. The van der Waals surface area contributed by atoms with E-state index in [-0.39, 0.29) is 0 Å². The molecule has 2 nitrogen and oxygen atoms in total. The Bertz CT molecular complexity index is 326. The standard InChI is InChI=1S/C13H17NO/c1-2-4-11(5-3-1)13(6-7-13)12-10-14-8-9-15-12/h1-5,12,14H,6-10H2. The van der Waals surface area contributed by atoms with Gasteiger partial charge >= 0.3 is 0 Å². The predicted octanol–water partition coefficient (Wildman–Crippen LogP) is 1.71. The van der Waals surface area contributed by atoms with Gasteiger partial charge in [0.25, 0.3) is 0 Å². The minimum Gasteiger partial charge on any atom is -0.375 e. The van der Waals surface area contributed by atoms with Crippen molar-refractivity contribution < 1.29 is 4.74 Å². The van der Waals surface area contributed by atoms with E-state index >= 15 is 0 Å². The zero-order valence-corrected chi connectivity index (χ0v) is 8.91. The molecule has 1 N–H and O–H groups in total. The molecule has 1 unspecified atom stereocenters. The van der Waals surface area contributed by atoms with Crippen molar-refractivity contribution in [2.24, 2.45) is 0 Å². The van der Waals surface area contributed by atoms with E-state index in [1.807, 2.05) is 0 Å². The highest BCUT2D eigenvalue weighted by atomic mass is 16.5. The van der Waals surface area contributed by atoms with E-state index in [0.717, 1.165) is 19.7 Å². The first-order chi connectivity index (χ1) is 7.42. The molecule has 3 rings (SSSR count). The zero-order chi connectivity index (χ0) is 10.1. The number of benzene rings is 1. The second-order valence-corrected chi connectivity index (χ2v) is 4.59. The number of hydrogen-bond donors (Lipinski definition) is 1. The molecule has 0 radical (unpaired) electrons. The molecule has 0 spiro atoms. The monoisotopic (exact) mass is 203 g/mol. The lowest BCUT2D eigenvalue weighted by Gasteiger charge is -2.31. The van der Waals surface area contributed by atoms with Gasteiger partial charge in [0.2, 0.25) is 0 Å². The highest BCUT2D eigenvalue weighted by Gasteiger charge is 2.51. The molecule has 80 valence electrons. The van der Waals surface area contributed by atoms with Crippen molar-refractivity contribution in [1.29, 1.82) is 0 Å². The summed E-state index contributed by atoms with van der Waals surface area (Å²) in [7, 11) is 0. The first kappa shape index (κ1) is 9.37. The van der Waals surface area contributed by atoms with E-state index in [1.165, 1.54) is 18.4 Å². The Labute approximate surface area is 90.6 Å². The highest BCUT2D eigenvalue weighted by Crippen LogP contribution is 2.52. The SMILES string of the molecule is c1ccc(C2(C3CNCCO3)CC2)cc1. The summed E-state index contributed by atoms with van der Waals surface area (Å²) in [4.78, 5) is 0. The molecule has 15 heavy (non-hydrogen) atoms. The van der Waals surface area contributed by atoms with E-state index < -0.39 is 0 Å². The fraction of sp³-hybridized carbons (Fsp3) is 0.538. The van der Waals surface area contributed by atoms with Gasteiger partial charge in [-0.1, -0.05) is 30.3 Å². The van der Waals surface area contributed by atoms with E-state index in [9.17, 15) is 0 Å². The van der Waals surface area contributed by atoms with Crippen LogP contribution in [0.5, 0.6) is 0 Å². The molecule has 0 amide bonds. The Hall–Kier alpha value is -0.860. The molecule has 1 aromatic rings. The smallest absolute Gasteiger partial charge is 0.0796 e. The summed E-state index contributed by atoms with van der Waals surface area (Å²) in [6, 6.07) is 10.8. The molecule has 2 heteroatoms. The lowest BCUT2D eigenvalue weighted by atomic mass is 9.89. The van der Waals surface area contributed by atoms with Crippen molar-refractivity contribution >= 4 is 0 Å². The van der Waals surface area contributed by atoms with Crippen LogP contribution in [0.15, 0.2) is 30.3 Å². The molecule has 2 fully saturated rings. The van der Waals surface area contributed by atoms with E-state index in [2.05, 4.69) is 35.6 Å². The van der Waals surface area contributed by atoms with Gasteiger partial charge in [-0.05, 0) is 18.4 Å². The summed E-state index contributed by atoms with van der Waals surface area (Å²) in [6.07, 6.45) is 2.95. The van der Waals surface area contributed by atoms with Crippen LogP contribution >= 0.6 is 0 Å². The lowest BCUT2D eigenvalue weighted by molar-refractivity contribution is 0.00378. The van der Waals surface area contributed by atoms with Gasteiger partial charge in [0.05, 0.1) is 12.7 Å². The van der Waals surface area contributed by atoms with Crippen LogP contribution in [0.4, 0.5) is 0 Å². The van der Waals surface area contributed by atoms with Crippen molar-refractivity contribution in [2.45, 2.75) is 24.4 Å². The molecule has 1 atom stereocenters. The van der Waals surface area contributed by atoms with Gasteiger partial charge in [-0.2, -0.15) is 0 Å². The van der Waals surface area contributed by atoms with Crippen LogP contribution in [-0.4, -0.2) is 25.8 Å². The number of ether oxygens (including phenoxy) is 1. The predicted molar refractivity (Wildman–Crippen MR) is 60.0 cm³/mol. The average Bonchev–Trinajstić information content (AvgIpc) is 3.13. The number of rotatable bonds is 2. The molecule has 1 saturated carbocycles. The summed E-state index contributed by atoms with van der Waals surface area (Å²) in [5, 5.41) is 3.43. The molecular formula is C13H17NO. The maximum Gasteiger partial charge on any atom is 0.0796 e. The molecule has 0 bridgehead atoms. The van der Waals surface area contributed by atoms with Gasteiger partial charge in [0.1, 0.15) is 0 Å². The molecule has 1 heterocycles. The Balaban J connectivity index is 1.84. The van der Waals surface area contributed by atoms with Gasteiger partial charge in [0.15, 0.2) is 0 Å². The minimum atomic E-state index is 0.328. The third kappa shape index (κ3) is 1.58. The van der Waals surface area contributed by atoms with Crippen LogP contribution in [0.25, 0.3) is 0 Å². The Kier molecular flexibility index (Phi) is 2.26. The molecular weight excluding hydrogens is 186 g/mol. The van der Waals surface area contributed by atoms with Crippen LogP contribution in [0, 0.1) is 0 Å². The Morgan fingerprint density at radius 3 is 2.60 bits per heavy atom. The maximum absolute atomic E-state index is 5.90. The number of morpholine rings is 1. The highest BCUT2D eigenvalue weighted by molar-refractivity contribution is 5.33. The van der Waals surface area contributed by atoms with Crippen molar-refractivity contribution in [3.05, 3.63) is 35.9 Å². The molecule has 2 aliphatic rings. The van der Waals surface area contributed by atoms with Crippen molar-refractivity contribution in [1.82, 2.24) is 5.32 Å². The van der Waals surface area contributed by atoms with E-state index in [1.54, 1.807) is 0 Å². The normalized spacial score (nSPS) is 28.7. The minimum absolute atomic E-state index is 0.328. The average molecular weight is 203 g/mol. The first-order valence-corrected chi connectivity index (χ1v) is 5.80. The quantitative estimate of drug-likeness (QED) is 0.790. The number of nitrogens with one attached hydrogen (secondary N) is 1. The van der Waals surface area contributed by atoms with Crippen LogP contribution in [0.2, 0.25) is 0 Å². The summed E-state index contributed by atoms with van der Waals surface area (Å²) in [5.74, 6) is 0. The fourth-order valence-electron chi connectivity index (χ4n) is 2.62. The van der Waals surface area contributed by atoms with Crippen LogP contribution in [-0.2, 0) is 10.2 Å². The van der Waals surface area contributed by atoms with Crippen LogP contribution in [0.1, 0.15) is 18.4 Å². The lowest BCUT2D eigenvalue weighted by Crippen LogP contribution is -2.45. The third-order valence-corrected chi connectivity index (χ3v) is 3.68. The second-order valence-electron chi connectivity index (χ2n) is 4.59. The van der Waals surface area contributed by atoms with Crippen molar-refractivity contribution in [2.75, 3.05) is 19.7 Å². The van der Waals surface area contributed by atoms with Gasteiger partial charge < -0.3 is 10.1 Å². The van der Waals surface area contributed by atoms with Crippen molar-refractivity contribution in [3.8, 4) is 0 Å². The second kappa shape index (κ2) is 3.62. The number of hydrogen-bond acceptors (Lipinski definition) is 2. The van der Waals surface area contributed by atoms with E-state index in [0.29, 0.717) is 11.5 Å². The van der Waals surface area contributed by atoms with Gasteiger partial charge in [-0.25, -0.2) is 0 Å². The molecule has 1 aliphatic heterocycles. The van der Waals surface area contributed by atoms with Gasteiger partial charge in [0, 0.05) is 18.5 Å². The van der Waals surface area contributed by atoms with Crippen LogP contribution < -0.4 is 5.32 Å². The summed E-state index contributed by atoms with van der Waals surface area (Å²) in [5.41, 5.74) is 1.79. The largest absolute Gasteiger partial charge is 0.375 e. The maximum atomic E-state index is 5.90. The topological polar surface area (TPSA) is 21.3 Å². The van der Waals surface area contributed by atoms with E-state index in [4.69, 9.17) is 4.74 Å². The summed E-state index contributed by atoms with van der Waals surface area (Å²) in [6.45, 7) is 2.87.